The van der Waals surface area contributed by atoms with Crippen LogP contribution in [0.15, 0.2) is 9.85 Å². The SMILES string of the molecule is Cc1cc(C(=O)NCCC(=O)NCC(C)C)sc1Br. The lowest BCUT2D eigenvalue weighted by atomic mass is 10.2. The van der Waals surface area contributed by atoms with Crippen LogP contribution in [0.3, 0.4) is 0 Å². The maximum Gasteiger partial charge on any atom is 0.261 e. The predicted molar refractivity (Wildman–Crippen MR) is 81.6 cm³/mol. The molecule has 1 rings (SSSR count). The smallest absolute Gasteiger partial charge is 0.261 e. The maximum absolute atomic E-state index is 11.8. The van der Waals surface area contributed by atoms with Crippen molar-refractivity contribution in [3.8, 4) is 0 Å². The summed E-state index contributed by atoms with van der Waals surface area (Å²) in [5, 5.41) is 5.56. The molecule has 0 saturated heterocycles. The molecule has 4 nitrogen and oxygen atoms in total. The highest BCUT2D eigenvalue weighted by Gasteiger charge is 2.11. The molecule has 0 unspecified atom stereocenters. The highest BCUT2D eigenvalue weighted by Crippen LogP contribution is 2.27. The van der Waals surface area contributed by atoms with Gasteiger partial charge in [0.25, 0.3) is 5.91 Å². The molecule has 0 fully saturated rings. The van der Waals surface area contributed by atoms with E-state index >= 15 is 0 Å². The van der Waals surface area contributed by atoms with Crippen LogP contribution in [0.25, 0.3) is 0 Å². The molecular weight excluding hydrogens is 328 g/mol. The van der Waals surface area contributed by atoms with E-state index in [4.69, 9.17) is 0 Å². The molecule has 19 heavy (non-hydrogen) atoms. The summed E-state index contributed by atoms with van der Waals surface area (Å²) in [5.41, 5.74) is 1.05. The van der Waals surface area contributed by atoms with Crippen LogP contribution >= 0.6 is 27.3 Å². The second kappa shape index (κ2) is 7.65. The third-order valence-corrected chi connectivity index (χ3v) is 4.56. The normalized spacial score (nSPS) is 10.6. The molecule has 0 aliphatic heterocycles. The summed E-state index contributed by atoms with van der Waals surface area (Å²) in [6.45, 7) is 7.05. The van der Waals surface area contributed by atoms with Crippen LogP contribution in [0, 0.1) is 12.8 Å². The third kappa shape index (κ3) is 5.74. The topological polar surface area (TPSA) is 58.2 Å². The van der Waals surface area contributed by atoms with Gasteiger partial charge in [0.15, 0.2) is 0 Å². The molecule has 2 N–H and O–H groups in total. The number of halogens is 1. The Morgan fingerprint density at radius 2 is 2.05 bits per heavy atom. The van der Waals surface area contributed by atoms with Crippen LogP contribution < -0.4 is 10.6 Å². The van der Waals surface area contributed by atoms with Gasteiger partial charge in [0.2, 0.25) is 5.91 Å². The average Bonchev–Trinajstić information content (AvgIpc) is 2.67. The first-order valence-electron chi connectivity index (χ1n) is 6.21. The standard InChI is InChI=1S/C13H19BrN2O2S/c1-8(2)7-16-11(17)4-5-15-13(18)10-6-9(3)12(14)19-10/h6,8H,4-5,7H2,1-3H3,(H,15,18)(H,16,17). The van der Waals surface area contributed by atoms with Gasteiger partial charge in [-0.25, -0.2) is 0 Å². The zero-order valence-electron chi connectivity index (χ0n) is 11.4. The van der Waals surface area contributed by atoms with E-state index in [0.717, 1.165) is 9.35 Å². The lowest BCUT2D eigenvalue weighted by Crippen LogP contribution is -2.32. The van der Waals surface area contributed by atoms with Gasteiger partial charge in [0.05, 0.1) is 8.66 Å². The Kier molecular flexibility index (Phi) is 6.51. The van der Waals surface area contributed by atoms with E-state index in [1.807, 2.05) is 26.8 Å². The lowest BCUT2D eigenvalue weighted by molar-refractivity contribution is -0.121. The van der Waals surface area contributed by atoms with Crippen molar-refractivity contribution in [3.05, 3.63) is 20.3 Å². The number of hydrogen-bond donors (Lipinski definition) is 2. The van der Waals surface area contributed by atoms with Gasteiger partial charge in [-0.1, -0.05) is 13.8 Å². The van der Waals surface area contributed by atoms with E-state index in [1.165, 1.54) is 11.3 Å². The van der Waals surface area contributed by atoms with E-state index in [-0.39, 0.29) is 11.8 Å². The highest BCUT2D eigenvalue weighted by atomic mass is 79.9. The Bertz CT molecular complexity index is 438. The summed E-state index contributed by atoms with van der Waals surface area (Å²) in [4.78, 5) is 23.9. The molecule has 2 amide bonds. The molecule has 106 valence electrons. The number of amides is 2. The van der Waals surface area contributed by atoms with Crippen LogP contribution in [0.1, 0.15) is 35.5 Å². The molecular formula is C13H19BrN2O2S. The van der Waals surface area contributed by atoms with Crippen LogP contribution in [0.5, 0.6) is 0 Å². The number of hydrogen-bond acceptors (Lipinski definition) is 3. The second-order valence-electron chi connectivity index (χ2n) is 4.77. The Balaban J connectivity index is 2.29. The molecule has 1 aromatic rings. The van der Waals surface area contributed by atoms with Crippen molar-refractivity contribution < 1.29 is 9.59 Å². The number of thiophene rings is 1. The fourth-order valence-electron chi connectivity index (χ4n) is 1.35. The van der Waals surface area contributed by atoms with Crippen molar-refractivity contribution in [1.29, 1.82) is 0 Å². The third-order valence-electron chi connectivity index (χ3n) is 2.43. The Hall–Kier alpha value is -0.880. The van der Waals surface area contributed by atoms with Crippen LogP contribution in [0.2, 0.25) is 0 Å². The van der Waals surface area contributed by atoms with Crippen molar-refractivity contribution in [1.82, 2.24) is 10.6 Å². The van der Waals surface area contributed by atoms with Crippen molar-refractivity contribution in [2.45, 2.75) is 27.2 Å². The van der Waals surface area contributed by atoms with Gasteiger partial charge in [-0.2, -0.15) is 0 Å². The van der Waals surface area contributed by atoms with E-state index in [2.05, 4.69) is 26.6 Å². The molecule has 1 aromatic heterocycles. The van der Waals surface area contributed by atoms with Gasteiger partial charge in [0.1, 0.15) is 0 Å². The molecule has 0 bridgehead atoms. The summed E-state index contributed by atoms with van der Waals surface area (Å²) in [6.07, 6.45) is 0.310. The molecule has 0 aliphatic rings. The van der Waals surface area contributed by atoms with Gasteiger partial charge < -0.3 is 10.6 Å². The van der Waals surface area contributed by atoms with Crippen LogP contribution in [0.4, 0.5) is 0 Å². The first-order chi connectivity index (χ1) is 8.90. The van der Waals surface area contributed by atoms with Gasteiger partial charge >= 0.3 is 0 Å². The van der Waals surface area contributed by atoms with Crippen LogP contribution in [-0.2, 0) is 4.79 Å². The van der Waals surface area contributed by atoms with Gasteiger partial charge in [-0.05, 0) is 40.4 Å². The second-order valence-corrected chi connectivity index (χ2v) is 7.14. The lowest BCUT2D eigenvalue weighted by Gasteiger charge is -2.07. The first kappa shape index (κ1) is 16.2. The number of aryl methyl sites for hydroxylation is 1. The monoisotopic (exact) mass is 346 g/mol. The molecule has 0 spiro atoms. The quantitative estimate of drug-likeness (QED) is 0.831. The minimum absolute atomic E-state index is 0.0301. The molecule has 0 aromatic carbocycles. The zero-order valence-corrected chi connectivity index (χ0v) is 13.8. The number of nitrogens with one attached hydrogen (secondary N) is 2. The fourth-order valence-corrected chi connectivity index (χ4v) is 2.81. The maximum atomic E-state index is 11.8. The molecule has 0 aliphatic carbocycles. The van der Waals surface area contributed by atoms with Crippen molar-refractivity contribution in [3.63, 3.8) is 0 Å². The van der Waals surface area contributed by atoms with Crippen molar-refractivity contribution in [2.24, 2.45) is 5.92 Å². The molecule has 1 heterocycles. The van der Waals surface area contributed by atoms with E-state index < -0.39 is 0 Å². The van der Waals surface area contributed by atoms with E-state index in [0.29, 0.717) is 30.3 Å². The highest BCUT2D eigenvalue weighted by molar-refractivity contribution is 9.11. The molecule has 0 saturated carbocycles. The largest absolute Gasteiger partial charge is 0.356 e. The van der Waals surface area contributed by atoms with Crippen molar-refractivity contribution >= 4 is 39.1 Å². The van der Waals surface area contributed by atoms with Gasteiger partial charge in [0, 0.05) is 19.5 Å². The minimum atomic E-state index is -0.129. The zero-order chi connectivity index (χ0) is 14.4. The minimum Gasteiger partial charge on any atom is -0.356 e. The number of carbonyl (C=O) groups is 2. The Morgan fingerprint density at radius 3 is 2.58 bits per heavy atom. The summed E-state index contributed by atoms with van der Waals surface area (Å²) in [6, 6.07) is 1.84. The Morgan fingerprint density at radius 1 is 1.37 bits per heavy atom. The van der Waals surface area contributed by atoms with E-state index in [9.17, 15) is 9.59 Å². The number of carbonyl (C=O) groups excluding carboxylic acids is 2. The molecule has 0 atom stereocenters. The average molecular weight is 347 g/mol. The predicted octanol–water partition coefficient (Wildman–Crippen LogP) is 2.71. The summed E-state index contributed by atoms with van der Waals surface area (Å²) in [7, 11) is 0. The first-order valence-corrected chi connectivity index (χ1v) is 7.82. The summed E-state index contributed by atoms with van der Waals surface area (Å²) < 4.78 is 0.965. The summed E-state index contributed by atoms with van der Waals surface area (Å²) in [5.74, 6) is 0.276. The van der Waals surface area contributed by atoms with Crippen LogP contribution in [-0.4, -0.2) is 24.9 Å². The summed E-state index contributed by atoms with van der Waals surface area (Å²) >= 11 is 4.78. The van der Waals surface area contributed by atoms with E-state index in [1.54, 1.807) is 0 Å². The fraction of sp³-hybridized carbons (Fsp3) is 0.538. The van der Waals surface area contributed by atoms with Gasteiger partial charge in [-0.3, -0.25) is 9.59 Å². The number of rotatable bonds is 6. The molecule has 0 radical (unpaired) electrons. The Labute approximate surface area is 126 Å². The molecule has 6 heteroatoms. The van der Waals surface area contributed by atoms with Gasteiger partial charge in [-0.15, -0.1) is 11.3 Å². The van der Waals surface area contributed by atoms with Crippen molar-refractivity contribution in [2.75, 3.05) is 13.1 Å².